The van der Waals surface area contributed by atoms with E-state index < -0.39 is 0 Å². The van der Waals surface area contributed by atoms with Crippen LogP contribution in [0.15, 0.2) is 0 Å². The molecule has 2 fully saturated rings. The summed E-state index contributed by atoms with van der Waals surface area (Å²) in [4.78, 5) is 2.51. The first kappa shape index (κ1) is 12.3. The van der Waals surface area contributed by atoms with Gasteiger partial charge in [-0.15, -0.1) is 0 Å². The number of piperidine rings is 1. The Morgan fingerprint density at radius 1 is 1.19 bits per heavy atom. The molecule has 0 spiro atoms. The lowest BCUT2D eigenvalue weighted by molar-refractivity contribution is 0.0253. The Balaban J connectivity index is 1.47. The summed E-state index contributed by atoms with van der Waals surface area (Å²) in [5.41, 5.74) is 0. The first-order chi connectivity index (χ1) is 7.86. The minimum Gasteiger partial charge on any atom is -0.378 e. The fraction of sp³-hybridized carbons (Fsp3) is 1.00. The second-order valence-electron chi connectivity index (χ2n) is 5.24. The number of ether oxygens (including phenoxy) is 1. The molecule has 1 saturated carbocycles. The molecule has 1 aliphatic heterocycles. The van der Waals surface area contributed by atoms with E-state index in [9.17, 15) is 0 Å². The third-order valence-electron chi connectivity index (χ3n) is 3.99. The second kappa shape index (κ2) is 6.58. The van der Waals surface area contributed by atoms with Crippen LogP contribution in [0.3, 0.4) is 0 Å². The summed E-state index contributed by atoms with van der Waals surface area (Å²) >= 11 is 0. The summed E-state index contributed by atoms with van der Waals surface area (Å²) in [5, 5.41) is 3.37. The van der Waals surface area contributed by atoms with Crippen molar-refractivity contribution < 1.29 is 4.74 Å². The van der Waals surface area contributed by atoms with Gasteiger partial charge in [0.1, 0.15) is 0 Å². The van der Waals surface area contributed by atoms with Crippen molar-refractivity contribution in [2.24, 2.45) is 0 Å². The average molecular weight is 226 g/mol. The molecule has 0 radical (unpaired) electrons. The lowest BCUT2D eigenvalue weighted by Gasteiger charge is -2.34. The first-order valence-electron chi connectivity index (χ1n) is 6.89. The largest absolute Gasteiger partial charge is 0.378 e. The molecular formula is C13H26N2O. The van der Waals surface area contributed by atoms with Crippen LogP contribution in [0.1, 0.15) is 38.5 Å². The van der Waals surface area contributed by atoms with Crippen molar-refractivity contribution in [1.82, 2.24) is 10.2 Å². The highest BCUT2D eigenvalue weighted by Gasteiger charge is 2.21. The molecule has 16 heavy (non-hydrogen) atoms. The molecule has 0 aromatic carbocycles. The summed E-state index contributed by atoms with van der Waals surface area (Å²) in [7, 11) is 2.26. The molecule has 0 aromatic rings. The normalized spacial score (nSPS) is 23.6. The van der Waals surface area contributed by atoms with Crippen molar-refractivity contribution in [3.8, 4) is 0 Å². The molecule has 2 aliphatic rings. The molecule has 0 unspecified atom stereocenters. The van der Waals surface area contributed by atoms with E-state index in [0.29, 0.717) is 6.10 Å². The molecule has 94 valence electrons. The lowest BCUT2D eigenvalue weighted by Crippen LogP contribution is -2.38. The van der Waals surface area contributed by atoms with E-state index in [1.165, 1.54) is 45.1 Å². The van der Waals surface area contributed by atoms with Crippen LogP contribution < -0.4 is 5.32 Å². The minimum absolute atomic E-state index is 0.523. The van der Waals surface area contributed by atoms with Crippen molar-refractivity contribution in [3.05, 3.63) is 0 Å². The minimum atomic E-state index is 0.523. The van der Waals surface area contributed by atoms with Crippen LogP contribution in [-0.4, -0.2) is 50.3 Å². The molecule has 3 heteroatoms. The second-order valence-corrected chi connectivity index (χ2v) is 5.24. The molecule has 0 bridgehead atoms. The van der Waals surface area contributed by atoms with Crippen molar-refractivity contribution >= 4 is 0 Å². The molecule has 0 aromatic heterocycles. The molecule has 1 heterocycles. The maximum atomic E-state index is 5.90. The van der Waals surface area contributed by atoms with Gasteiger partial charge in [0, 0.05) is 19.2 Å². The summed E-state index contributed by atoms with van der Waals surface area (Å²) < 4.78 is 5.90. The smallest absolute Gasteiger partial charge is 0.0599 e. The molecule has 1 saturated heterocycles. The number of nitrogens with one attached hydrogen (secondary N) is 1. The third-order valence-corrected chi connectivity index (χ3v) is 3.99. The van der Waals surface area contributed by atoms with E-state index >= 15 is 0 Å². The van der Waals surface area contributed by atoms with Crippen LogP contribution in [0.4, 0.5) is 0 Å². The molecule has 2 rings (SSSR count). The molecule has 0 atom stereocenters. The quantitative estimate of drug-likeness (QED) is 0.697. The van der Waals surface area contributed by atoms with E-state index in [2.05, 4.69) is 17.3 Å². The summed E-state index contributed by atoms with van der Waals surface area (Å²) in [6.07, 6.45) is 8.35. The van der Waals surface area contributed by atoms with E-state index in [-0.39, 0.29) is 0 Å². The van der Waals surface area contributed by atoms with Gasteiger partial charge in [-0.2, -0.15) is 0 Å². The van der Waals surface area contributed by atoms with Crippen LogP contribution >= 0.6 is 0 Å². The van der Waals surface area contributed by atoms with E-state index in [1.54, 1.807) is 0 Å². The Kier molecular flexibility index (Phi) is 5.07. The number of hydrogen-bond donors (Lipinski definition) is 1. The van der Waals surface area contributed by atoms with E-state index in [0.717, 1.165) is 25.7 Å². The number of rotatable bonds is 6. The third kappa shape index (κ3) is 3.72. The fourth-order valence-electron chi connectivity index (χ4n) is 2.54. The molecule has 1 N–H and O–H groups in total. The molecule has 3 nitrogen and oxygen atoms in total. The standard InChI is InChI=1S/C13H26N2O/c1-15(12-4-2-5-12)10-3-11-16-13-6-8-14-9-7-13/h12-14H,2-11H2,1H3. The topological polar surface area (TPSA) is 24.5 Å². The fourth-order valence-corrected chi connectivity index (χ4v) is 2.54. The zero-order valence-electron chi connectivity index (χ0n) is 10.6. The highest BCUT2D eigenvalue weighted by Crippen LogP contribution is 2.23. The van der Waals surface area contributed by atoms with Gasteiger partial charge in [0.2, 0.25) is 0 Å². The van der Waals surface area contributed by atoms with Gasteiger partial charge in [-0.1, -0.05) is 6.42 Å². The lowest BCUT2D eigenvalue weighted by atomic mass is 9.92. The molecular weight excluding hydrogens is 200 g/mol. The number of nitrogens with zero attached hydrogens (tertiary/aromatic N) is 1. The van der Waals surface area contributed by atoms with Gasteiger partial charge in [0.25, 0.3) is 0 Å². The van der Waals surface area contributed by atoms with Crippen LogP contribution in [0.2, 0.25) is 0 Å². The SMILES string of the molecule is CN(CCCOC1CCNCC1)C1CCC1. The van der Waals surface area contributed by atoms with Crippen molar-refractivity contribution in [2.75, 3.05) is 33.3 Å². The van der Waals surface area contributed by atoms with Crippen LogP contribution in [0, 0.1) is 0 Å². The highest BCUT2D eigenvalue weighted by molar-refractivity contribution is 4.77. The molecule has 1 aliphatic carbocycles. The summed E-state index contributed by atoms with van der Waals surface area (Å²) in [6.45, 7) is 4.41. The van der Waals surface area contributed by atoms with Gasteiger partial charge < -0.3 is 15.0 Å². The Morgan fingerprint density at radius 3 is 2.56 bits per heavy atom. The Morgan fingerprint density at radius 2 is 1.94 bits per heavy atom. The van der Waals surface area contributed by atoms with E-state index in [1.807, 2.05) is 0 Å². The predicted molar refractivity (Wildman–Crippen MR) is 66.7 cm³/mol. The highest BCUT2D eigenvalue weighted by atomic mass is 16.5. The van der Waals surface area contributed by atoms with Crippen molar-refractivity contribution in [1.29, 1.82) is 0 Å². The number of hydrogen-bond acceptors (Lipinski definition) is 3. The van der Waals surface area contributed by atoms with Gasteiger partial charge in [-0.25, -0.2) is 0 Å². The van der Waals surface area contributed by atoms with Crippen molar-refractivity contribution in [2.45, 2.75) is 50.7 Å². The Hall–Kier alpha value is -0.120. The van der Waals surface area contributed by atoms with Crippen LogP contribution in [-0.2, 0) is 4.74 Å². The maximum absolute atomic E-state index is 5.90. The van der Waals surface area contributed by atoms with Gasteiger partial charge in [0.05, 0.1) is 6.10 Å². The predicted octanol–water partition coefficient (Wildman–Crippen LogP) is 1.63. The molecule has 0 amide bonds. The van der Waals surface area contributed by atoms with Crippen LogP contribution in [0.25, 0.3) is 0 Å². The Labute approximate surface area is 99.5 Å². The zero-order chi connectivity index (χ0) is 11.2. The monoisotopic (exact) mass is 226 g/mol. The first-order valence-corrected chi connectivity index (χ1v) is 6.89. The van der Waals surface area contributed by atoms with Gasteiger partial charge >= 0.3 is 0 Å². The maximum Gasteiger partial charge on any atom is 0.0599 e. The van der Waals surface area contributed by atoms with Gasteiger partial charge in [-0.05, 0) is 52.2 Å². The van der Waals surface area contributed by atoms with Gasteiger partial charge in [-0.3, -0.25) is 0 Å². The van der Waals surface area contributed by atoms with Gasteiger partial charge in [0.15, 0.2) is 0 Å². The van der Waals surface area contributed by atoms with Crippen molar-refractivity contribution in [3.63, 3.8) is 0 Å². The summed E-state index contributed by atoms with van der Waals surface area (Å²) in [6, 6.07) is 0.874. The van der Waals surface area contributed by atoms with E-state index in [4.69, 9.17) is 4.74 Å². The zero-order valence-corrected chi connectivity index (χ0v) is 10.6. The summed E-state index contributed by atoms with van der Waals surface area (Å²) in [5.74, 6) is 0. The Bertz CT molecular complexity index is 184. The average Bonchev–Trinajstić information content (AvgIpc) is 2.23. The van der Waals surface area contributed by atoms with Crippen LogP contribution in [0.5, 0.6) is 0 Å².